The second kappa shape index (κ2) is 9.67. The van der Waals surface area contributed by atoms with Gasteiger partial charge in [-0.2, -0.15) is 4.68 Å². The number of sulfonamides is 1. The normalized spacial score (nSPS) is 11.3. The van der Waals surface area contributed by atoms with Crippen LogP contribution in [-0.2, 0) is 16.4 Å². The Morgan fingerprint density at radius 3 is 2.39 bits per heavy atom. The van der Waals surface area contributed by atoms with Gasteiger partial charge in [-0.3, -0.25) is 0 Å². The maximum atomic E-state index is 12.0. The first kappa shape index (κ1) is 22.4. The molecule has 0 radical (unpaired) electrons. The number of unbranched alkanes of at least 4 members (excludes halogenated alkanes) is 1. The summed E-state index contributed by atoms with van der Waals surface area (Å²) in [6, 6.07) is 11.1. The second-order valence-electron chi connectivity index (χ2n) is 6.58. The standard InChI is InChI=1S/C20H23N3O7S/c1-27-17-11-6-14(13-18(17)28-2)5-3-4-12-29-19-22-23(20(24)30-19)15-7-9-16(10-8-15)31(21,25)26/h6-11,13H,3-5,12H2,1-2H3,(H2,21,25,26). The summed E-state index contributed by atoms with van der Waals surface area (Å²) in [6.45, 7) is 0.317. The third-order valence-corrected chi connectivity index (χ3v) is 5.40. The highest BCUT2D eigenvalue weighted by Crippen LogP contribution is 2.28. The molecule has 3 aromatic rings. The third kappa shape index (κ3) is 5.64. The number of primary sulfonamides is 1. The number of nitrogens with two attached hydrogens (primary N) is 1. The van der Waals surface area contributed by atoms with Crippen molar-refractivity contribution in [3.63, 3.8) is 0 Å². The van der Waals surface area contributed by atoms with Gasteiger partial charge in [0, 0.05) is 0 Å². The maximum absolute atomic E-state index is 12.0. The molecule has 0 aliphatic carbocycles. The highest BCUT2D eigenvalue weighted by atomic mass is 32.2. The van der Waals surface area contributed by atoms with Gasteiger partial charge in [0.15, 0.2) is 11.5 Å². The predicted octanol–water partition coefficient (Wildman–Crippen LogP) is 1.89. The summed E-state index contributed by atoms with van der Waals surface area (Å²) in [5.41, 5.74) is 1.43. The lowest BCUT2D eigenvalue weighted by atomic mass is 10.1. The van der Waals surface area contributed by atoms with Gasteiger partial charge in [-0.1, -0.05) is 11.2 Å². The van der Waals surface area contributed by atoms with E-state index in [0.29, 0.717) is 30.2 Å². The van der Waals surface area contributed by atoms with Gasteiger partial charge in [0.05, 0.1) is 31.4 Å². The molecule has 0 aliphatic rings. The van der Waals surface area contributed by atoms with Crippen LogP contribution >= 0.6 is 0 Å². The van der Waals surface area contributed by atoms with E-state index in [1.807, 2.05) is 18.2 Å². The molecule has 1 aromatic heterocycles. The molecule has 0 atom stereocenters. The lowest BCUT2D eigenvalue weighted by Gasteiger charge is -2.09. The number of hydrogen-bond donors (Lipinski definition) is 1. The maximum Gasteiger partial charge on any atom is 0.444 e. The molecule has 166 valence electrons. The fraction of sp³-hybridized carbons (Fsp3) is 0.300. The van der Waals surface area contributed by atoms with Crippen molar-refractivity contribution < 1.29 is 27.0 Å². The molecule has 0 aliphatic heterocycles. The largest absolute Gasteiger partial charge is 0.493 e. The van der Waals surface area contributed by atoms with Gasteiger partial charge in [0.25, 0.3) is 0 Å². The number of methoxy groups -OCH3 is 2. The van der Waals surface area contributed by atoms with Gasteiger partial charge in [-0.25, -0.2) is 18.4 Å². The monoisotopic (exact) mass is 449 g/mol. The molecule has 2 N–H and O–H groups in total. The molecule has 1 heterocycles. The molecule has 0 spiro atoms. The van der Waals surface area contributed by atoms with Crippen molar-refractivity contribution in [3.05, 3.63) is 58.6 Å². The molecule has 2 aromatic carbocycles. The zero-order valence-corrected chi connectivity index (χ0v) is 17.9. The molecule has 0 fully saturated rings. The van der Waals surface area contributed by atoms with E-state index in [-0.39, 0.29) is 11.0 Å². The van der Waals surface area contributed by atoms with Crippen LogP contribution in [0.2, 0.25) is 0 Å². The van der Waals surface area contributed by atoms with Gasteiger partial charge in [-0.15, -0.1) is 0 Å². The first-order valence-corrected chi connectivity index (χ1v) is 10.9. The summed E-state index contributed by atoms with van der Waals surface area (Å²) in [5, 5.41) is 9.03. The van der Waals surface area contributed by atoms with E-state index in [0.717, 1.165) is 23.1 Å². The number of aromatic nitrogens is 2. The molecule has 0 bridgehead atoms. The average molecular weight is 449 g/mol. The third-order valence-electron chi connectivity index (χ3n) is 4.47. The minimum atomic E-state index is -3.82. The van der Waals surface area contributed by atoms with E-state index in [2.05, 4.69) is 5.10 Å². The van der Waals surface area contributed by atoms with E-state index >= 15 is 0 Å². The van der Waals surface area contributed by atoms with Crippen LogP contribution in [-0.4, -0.2) is 39.0 Å². The number of rotatable bonds is 10. The number of ether oxygens (including phenoxy) is 3. The van der Waals surface area contributed by atoms with Crippen LogP contribution in [0.1, 0.15) is 18.4 Å². The molecule has 3 rings (SSSR count). The van der Waals surface area contributed by atoms with Crippen molar-refractivity contribution in [1.82, 2.24) is 9.78 Å². The fourth-order valence-electron chi connectivity index (χ4n) is 2.89. The highest BCUT2D eigenvalue weighted by Gasteiger charge is 2.13. The molecule has 0 unspecified atom stereocenters. The van der Waals surface area contributed by atoms with Crippen LogP contribution in [0.15, 0.2) is 56.6 Å². The van der Waals surface area contributed by atoms with Crippen LogP contribution in [0.25, 0.3) is 5.69 Å². The summed E-state index contributed by atoms with van der Waals surface area (Å²) in [7, 11) is -0.636. The van der Waals surface area contributed by atoms with Crippen molar-refractivity contribution in [3.8, 4) is 23.3 Å². The van der Waals surface area contributed by atoms with Gasteiger partial charge in [-0.05, 0) is 61.2 Å². The second-order valence-corrected chi connectivity index (χ2v) is 8.14. The Balaban J connectivity index is 1.53. The van der Waals surface area contributed by atoms with E-state index in [4.69, 9.17) is 23.8 Å². The van der Waals surface area contributed by atoms with Crippen molar-refractivity contribution in [2.24, 2.45) is 5.14 Å². The highest BCUT2D eigenvalue weighted by molar-refractivity contribution is 7.89. The van der Waals surface area contributed by atoms with Crippen molar-refractivity contribution in [1.29, 1.82) is 0 Å². The lowest BCUT2D eigenvalue weighted by Crippen LogP contribution is -2.15. The van der Waals surface area contributed by atoms with E-state index in [1.165, 1.54) is 24.3 Å². The van der Waals surface area contributed by atoms with Crippen LogP contribution < -0.4 is 25.1 Å². The quantitative estimate of drug-likeness (QED) is 0.464. The van der Waals surface area contributed by atoms with Crippen LogP contribution in [0.3, 0.4) is 0 Å². The Morgan fingerprint density at radius 2 is 1.74 bits per heavy atom. The van der Waals surface area contributed by atoms with E-state index in [9.17, 15) is 13.2 Å². The number of benzene rings is 2. The lowest BCUT2D eigenvalue weighted by molar-refractivity contribution is 0.220. The van der Waals surface area contributed by atoms with Gasteiger partial charge in [0.2, 0.25) is 10.0 Å². The fourth-order valence-corrected chi connectivity index (χ4v) is 3.40. The van der Waals surface area contributed by atoms with Crippen LogP contribution in [0, 0.1) is 0 Å². The Kier molecular flexibility index (Phi) is 6.98. The minimum Gasteiger partial charge on any atom is -0.493 e. The number of aryl methyl sites for hydroxylation is 1. The van der Waals surface area contributed by atoms with Gasteiger partial charge in [0.1, 0.15) is 0 Å². The Morgan fingerprint density at radius 1 is 1.03 bits per heavy atom. The zero-order chi connectivity index (χ0) is 22.4. The Hall–Kier alpha value is -3.31. The first-order chi connectivity index (χ1) is 14.8. The van der Waals surface area contributed by atoms with Gasteiger partial charge >= 0.3 is 11.8 Å². The molecule has 0 amide bonds. The molecule has 0 saturated carbocycles. The molecule has 10 nitrogen and oxygen atoms in total. The minimum absolute atomic E-state index is 0.0706. The molecule has 31 heavy (non-hydrogen) atoms. The van der Waals surface area contributed by atoms with Crippen LogP contribution in [0.5, 0.6) is 17.6 Å². The molecular weight excluding hydrogens is 426 g/mol. The van der Waals surface area contributed by atoms with E-state index in [1.54, 1.807) is 14.2 Å². The van der Waals surface area contributed by atoms with E-state index < -0.39 is 15.8 Å². The molecule has 0 saturated heterocycles. The summed E-state index contributed by atoms with van der Waals surface area (Å²) in [5.74, 6) is 0.615. The zero-order valence-electron chi connectivity index (χ0n) is 17.1. The van der Waals surface area contributed by atoms with Gasteiger partial charge < -0.3 is 18.6 Å². The van der Waals surface area contributed by atoms with Crippen molar-refractivity contribution >= 4 is 10.0 Å². The summed E-state index contributed by atoms with van der Waals surface area (Å²) < 4.78 is 44.6. The Labute approximate surface area is 179 Å². The average Bonchev–Trinajstić information content (AvgIpc) is 3.13. The molecule has 11 heteroatoms. The molecular formula is C20H23N3O7S. The summed E-state index contributed by atoms with van der Waals surface area (Å²) >= 11 is 0. The van der Waals surface area contributed by atoms with Crippen molar-refractivity contribution in [2.75, 3.05) is 20.8 Å². The smallest absolute Gasteiger partial charge is 0.444 e. The van der Waals surface area contributed by atoms with Crippen molar-refractivity contribution in [2.45, 2.75) is 24.2 Å². The topological polar surface area (TPSA) is 136 Å². The Bertz CT molecular complexity index is 1180. The number of hydrogen-bond acceptors (Lipinski definition) is 8. The van der Waals surface area contributed by atoms with Crippen LogP contribution in [0.4, 0.5) is 0 Å². The predicted molar refractivity (Wildman–Crippen MR) is 111 cm³/mol. The number of nitrogens with zero attached hydrogens (tertiary/aromatic N) is 2. The SMILES string of the molecule is COc1ccc(CCCCOc2nn(-c3ccc(S(N)(=O)=O)cc3)c(=O)o2)cc1OC. The summed E-state index contributed by atoms with van der Waals surface area (Å²) in [4.78, 5) is 11.9. The first-order valence-electron chi connectivity index (χ1n) is 9.39. The summed E-state index contributed by atoms with van der Waals surface area (Å²) in [6.07, 6.45) is 2.22.